The number of carbonyl (C=O) groups excluding carboxylic acids is 1. The van der Waals surface area contributed by atoms with Crippen LogP contribution in [0, 0.1) is 40.2 Å². The molecule has 0 atom stereocenters. The van der Waals surface area contributed by atoms with Crippen LogP contribution in [0.1, 0.15) is 56.9 Å². The van der Waals surface area contributed by atoms with Gasteiger partial charge in [-0.15, -0.1) is 0 Å². The molecule has 1 saturated carbocycles. The van der Waals surface area contributed by atoms with Gasteiger partial charge in [-0.25, -0.2) is 8.78 Å². The fraction of sp³-hybridized carbons (Fsp3) is 0.625. The van der Waals surface area contributed by atoms with Crippen molar-refractivity contribution in [2.45, 2.75) is 57.4 Å². The molecule has 0 unspecified atom stereocenters. The van der Waals surface area contributed by atoms with Crippen LogP contribution in [-0.2, 0) is 4.79 Å². The third kappa shape index (κ3) is 6.40. The normalized spacial score (nSPS) is 21.6. The van der Waals surface area contributed by atoms with Gasteiger partial charge in [0.2, 0.25) is 5.91 Å². The van der Waals surface area contributed by atoms with Crippen LogP contribution in [0.25, 0.3) is 0 Å². The Morgan fingerprint density at radius 1 is 1.09 bits per heavy atom. The van der Waals surface area contributed by atoms with Crippen molar-refractivity contribution in [2.24, 2.45) is 5.92 Å². The maximum atomic E-state index is 14.4. The van der Waals surface area contributed by atoms with Gasteiger partial charge < -0.3 is 10.2 Å². The molecule has 1 aliphatic heterocycles. The molecule has 1 aliphatic carbocycles. The summed E-state index contributed by atoms with van der Waals surface area (Å²) in [6.45, 7) is 3.93. The second-order valence-electron chi connectivity index (χ2n) is 8.78. The van der Waals surface area contributed by atoms with Gasteiger partial charge in [0, 0.05) is 45.1 Å². The number of anilines is 1. The number of nitriles is 2. The maximum Gasteiger partial charge on any atom is 0.220 e. The van der Waals surface area contributed by atoms with Gasteiger partial charge in [0.1, 0.15) is 17.4 Å². The molecule has 0 radical (unpaired) electrons. The summed E-state index contributed by atoms with van der Waals surface area (Å²) >= 11 is 0. The monoisotopic (exact) mass is 443 g/mol. The van der Waals surface area contributed by atoms with Gasteiger partial charge in [-0.1, -0.05) is 0 Å². The van der Waals surface area contributed by atoms with Crippen molar-refractivity contribution in [1.82, 2.24) is 10.2 Å². The molecule has 1 N–H and O–H groups in total. The van der Waals surface area contributed by atoms with E-state index in [9.17, 15) is 13.6 Å². The van der Waals surface area contributed by atoms with Crippen LogP contribution in [0.2, 0.25) is 0 Å². The largest absolute Gasteiger partial charge is 0.367 e. The summed E-state index contributed by atoms with van der Waals surface area (Å²) < 4.78 is 28.0. The summed E-state index contributed by atoms with van der Waals surface area (Å²) in [4.78, 5) is 16.2. The molecule has 32 heavy (non-hydrogen) atoms. The highest BCUT2D eigenvalue weighted by Crippen LogP contribution is 2.28. The number of halogens is 2. The Bertz CT molecular complexity index is 862. The molecule has 1 aromatic rings. The molecule has 1 amide bonds. The first-order valence-electron chi connectivity index (χ1n) is 11.5. The van der Waals surface area contributed by atoms with E-state index >= 15 is 0 Å². The predicted octanol–water partition coefficient (Wildman–Crippen LogP) is 3.72. The van der Waals surface area contributed by atoms with Crippen LogP contribution in [0.5, 0.6) is 0 Å². The van der Waals surface area contributed by atoms with Crippen molar-refractivity contribution in [3.8, 4) is 12.1 Å². The first-order chi connectivity index (χ1) is 15.5. The smallest absolute Gasteiger partial charge is 0.220 e. The quantitative estimate of drug-likeness (QED) is 0.619. The van der Waals surface area contributed by atoms with Crippen LogP contribution in [0.3, 0.4) is 0 Å². The Labute approximate surface area is 188 Å². The number of unbranched alkanes of at least 4 members (excludes halogenated alkanes) is 1. The van der Waals surface area contributed by atoms with Crippen LogP contribution in [0.15, 0.2) is 12.1 Å². The number of nitrogens with one attached hydrogen (secondary N) is 1. The SMILES string of the molecule is N#CCCCC(=O)NC1CCC(CCN2CCN(c3ccc(F)c(C#N)c3F)CC2)CC1. The highest BCUT2D eigenvalue weighted by Gasteiger charge is 2.25. The molecule has 172 valence electrons. The summed E-state index contributed by atoms with van der Waals surface area (Å²) in [6.07, 6.45) is 6.83. The molecule has 2 aliphatic rings. The van der Waals surface area contributed by atoms with Crippen LogP contribution < -0.4 is 10.2 Å². The zero-order valence-electron chi connectivity index (χ0n) is 18.5. The lowest BCUT2D eigenvalue weighted by Crippen LogP contribution is -2.47. The van der Waals surface area contributed by atoms with E-state index in [-0.39, 0.29) is 11.9 Å². The zero-order chi connectivity index (χ0) is 22.9. The van der Waals surface area contributed by atoms with Gasteiger partial charge in [0.15, 0.2) is 5.82 Å². The molecule has 1 aromatic carbocycles. The molecule has 2 fully saturated rings. The van der Waals surface area contributed by atoms with Gasteiger partial charge in [-0.3, -0.25) is 9.69 Å². The number of nitrogens with zero attached hydrogens (tertiary/aromatic N) is 4. The van der Waals surface area contributed by atoms with Crippen molar-refractivity contribution in [3.05, 3.63) is 29.3 Å². The fourth-order valence-corrected chi connectivity index (χ4v) is 4.69. The highest BCUT2D eigenvalue weighted by atomic mass is 19.1. The summed E-state index contributed by atoms with van der Waals surface area (Å²) in [5, 5.41) is 20.6. The highest BCUT2D eigenvalue weighted by molar-refractivity contribution is 5.76. The zero-order valence-corrected chi connectivity index (χ0v) is 18.5. The van der Waals surface area contributed by atoms with Crippen molar-refractivity contribution >= 4 is 11.6 Å². The second-order valence-corrected chi connectivity index (χ2v) is 8.78. The van der Waals surface area contributed by atoms with Gasteiger partial charge in [-0.2, -0.15) is 10.5 Å². The predicted molar refractivity (Wildman–Crippen MR) is 118 cm³/mol. The number of rotatable bonds is 8. The second kappa shape index (κ2) is 11.8. The number of carbonyl (C=O) groups is 1. The Hall–Kier alpha value is -2.71. The van der Waals surface area contributed by atoms with Crippen molar-refractivity contribution in [3.63, 3.8) is 0 Å². The van der Waals surface area contributed by atoms with E-state index in [2.05, 4.69) is 16.3 Å². The number of piperazine rings is 1. The van der Waals surface area contributed by atoms with Gasteiger partial charge in [0.25, 0.3) is 0 Å². The molecular weight excluding hydrogens is 412 g/mol. The number of hydrogen-bond donors (Lipinski definition) is 1. The van der Waals surface area contributed by atoms with Crippen LogP contribution >= 0.6 is 0 Å². The number of benzene rings is 1. The summed E-state index contributed by atoms with van der Waals surface area (Å²) in [6, 6.07) is 6.51. The first kappa shape index (κ1) is 23.9. The lowest BCUT2D eigenvalue weighted by atomic mass is 9.84. The third-order valence-electron chi connectivity index (χ3n) is 6.65. The first-order valence-corrected chi connectivity index (χ1v) is 11.5. The third-order valence-corrected chi connectivity index (χ3v) is 6.65. The maximum absolute atomic E-state index is 14.4. The number of amides is 1. The summed E-state index contributed by atoms with van der Waals surface area (Å²) in [5.74, 6) is -0.871. The minimum Gasteiger partial charge on any atom is -0.367 e. The Kier molecular flexibility index (Phi) is 8.81. The van der Waals surface area contributed by atoms with E-state index in [4.69, 9.17) is 10.5 Å². The molecule has 1 heterocycles. The van der Waals surface area contributed by atoms with Crippen LogP contribution in [0.4, 0.5) is 14.5 Å². The Morgan fingerprint density at radius 2 is 1.81 bits per heavy atom. The molecule has 0 bridgehead atoms. The Morgan fingerprint density at radius 3 is 2.47 bits per heavy atom. The van der Waals surface area contributed by atoms with E-state index in [0.717, 1.165) is 57.8 Å². The summed E-state index contributed by atoms with van der Waals surface area (Å²) in [5.41, 5.74) is -0.213. The van der Waals surface area contributed by atoms with E-state index in [0.29, 0.717) is 44.0 Å². The van der Waals surface area contributed by atoms with Crippen molar-refractivity contribution in [1.29, 1.82) is 10.5 Å². The lowest BCUT2D eigenvalue weighted by molar-refractivity contribution is -0.122. The topological polar surface area (TPSA) is 83.2 Å². The minimum absolute atomic E-state index is 0.0565. The molecule has 1 saturated heterocycles. The van der Waals surface area contributed by atoms with Crippen LogP contribution in [-0.4, -0.2) is 49.6 Å². The van der Waals surface area contributed by atoms with Gasteiger partial charge in [-0.05, 0) is 63.1 Å². The summed E-state index contributed by atoms with van der Waals surface area (Å²) in [7, 11) is 0. The van der Waals surface area contributed by atoms with Gasteiger partial charge in [0.05, 0.1) is 11.8 Å². The standard InChI is InChI=1S/C24H31F2N5O/c25-21-8-9-22(24(26)20(21)17-28)31-15-13-30(14-16-31)12-10-18-4-6-19(7-5-18)29-23(32)3-1-2-11-27/h8-9,18-19H,1-7,10,12-16H2,(H,29,32). The molecule has 0 spiro atoms. The van der Waals surface area contributed by atoms with E-state index in [1.54, 1.807) is 6.07 Å². The molecule has 3 rings (SSSR count). The van der Waals surface area contributed by atoms with E-state index in [1.165, 1.54) is 6.07 Å². The minimum atomic E-state index is -0.819. The average Bonchev–Trinajstić information content (AvgIpc) is 2.80. The van der Waals surface area contributed by atoms with Gasteiger partial charge >= 0.3 is 0 Å². The van der Waals surface area contributed by atoms with Crippen molar-refractivity contribution in [2.75, 3.05) is 37.6 Å². The van der Waals surface area contributed by atoms with E-state index in [1.807, 2.05) is 4.90 Å². The molecular formula is C24H31F2N5O. The number of hydrogen-bond acceptors (Lipinski definition) is 5. The fourth-order valence-electron chi connectivity index (χ4n) is 4.69. The Balaban J connectivity index is 1.35. The lowest BCUT2D eigenvalue weighted by Gasteiger charge is -2.37. The molecule has 6 nitrogen and oxygen atoms in total. The molecule has 0 aromatic heterocycles. The average molecular weight is 444 g/mol. The van der Waals surface area contributed by atoms with Crippen molar-refractivity contribution < 1.29 is 13.6 Å². The van der Waals surface area contributed by atoms with E-state index < -0.39 is 17.2 Å². The molecule has 8 heteroatoms.